The summed E-state index contributed by atoms with van der Waals surface area (Å²) in [7, 11) is -2.26. The standard InChI is InChI=1S/C11H20NO2P/c1-4-5-11(12-10(2)3)15(13)8-6-14-7-9-15/h4-5,10H,6-9H2,1-3H3/b5-4-,12-11?. The van der Waals surface area contributed by atoms with E-state index in [1.807, 2.05) is 32.9 Å². The minimum absolute atomic E-state index is 0.199. The fraction of sp³-hybridized carbons (Fsp3) is 0.727. The third-order valence-corrected chi connectivity index (χ3v) is 5.23. The number of hydrogen-bond donors (Lipinski definition) is 0. The van der Waals surface area contributed by atoms with Gasteiger partial charge in [-0.2, -0.15) is 0 Å². The summed E-state index contributed by atoms with van der Waals surface area (Å²) < 4.78 is 17.8. The smallest absolute Gasteiger partial charge is 0.137 e. The monoisotopic (exact) mass is 229 g/mol. The van der Waals surface area contributed by atoms with Crippen molar-refractivity contribution in [2.24, 2.45) is 4.99 Å². The quantitative estimate of drug-likeness (QED) is 0.551. The molecular formula is C11H20NO2P. The van der Waals surface area contributed by atoms with Gasteiger partial charge in [0.2, 0.25) is 0 Å². The highest BCUT2D eigenvalue weighted by Crippen LogP contribution is 2.49. The van der Waals surface area contributed by atoms with Gasteiger partial charge in [-0.3, -0.25) is 4.99 Å². The Morgan fingerprint density at radius 3 is 2.47 bits per heavy atom. The third kappa shape index (κ3) is 3.58. The Morgan fingerprint density at radius 2 is 2.00 bits per heavy atom. The topological polar surface area (TPSA) is 38.7 Å². The van der Waals surface area contributed by atoms with Crippen LogP contribution in [0.1, 0.15) is 20.8 Å². The second kappa shape index (κ2) is 5.62. The van der Waals surface area contributed by atoms with Crippen LogP contribution in [0.2, 0.25) is 0 Å². The molecule has 0 radical (unpaired) electrons. The predicted octanol–water partition coefficient (Wildman–Crippen LogP) is 2.76. The molecule has 0 spiro atoms. The molecule has 86 valence electrons. The molecule has 0 amide bonds. The number of hydrogen-bond acceptors (Lipinski definition) is 3. The van der Waals surface area contributed by atoms with Crippen molar-refractivity contribution in [3.05, 3.63) is 12.2 Å². The Bertz CT molecular complexity index is 298. The fourth-order valence-electron chi connectivity index (χ4n) is 1.56. The van der Waals surface area contributed by atoms with Crippen molar-refractivity contribution < 1.29 is 9.30 Å². The summed E-state index contributed by atoms with van der Waals surface area (Å²) >= 11 is 0. The van der Waals surface area contributed by atoms with Gasteiger partial charge in [-0.25, -0.2) is 0 Å². The maximum atomic E-state index is 12.6. The number of aliphatic imine (C=N–C) groups is 1. The van der Waals surface area contributed by atoms with Crippen molar-refractivity contribution in [3.8, 4) is 0 Å². The predicted molar refractivity (Wildman–Crippen MR) is 65.5 cm³/mol. The molecule has 0 unspecified atom stereocenters. The zero-order chi connectivity index (χ0) is 11.3. The molecule has 1 aliphatic heterocycles. The van der Waals surface area contributed by atoms with E-state index in [1.165, 1.54) is 0 Å². The van der Waals surface area contributed by atoms with E-state index in [1.54, 1.807) is 0 Å². The van der Waals surface area contributed by atoms with Crippen LogP contribution >= 0.6 is 7.14 Å². The molecule has 1 saturated heterocycles. The van der Waals surface area contributed by atoms with Crippen LogP contribution in [0.15, 0.2) is 17.1 Å². The van der Waals surface area contributed by atoms with Gasteiger partial charge < -0.3 is 9.30 Å². The molecule has 1 heterocycles. The molecule has 0 N–H and O–H groups in total. The van der Waals surface area contributed by atoms with Crippen LogP contribution < -0.4 is 0 Å². The SMILES string of the molecule is C/C=C\C(=NC(C)C)P1(=O)CCOCC1. The lowest BCUT2D eigenvalue weighted by Gasteiger charge is -2.23. The van der Waals surface area contributed by atoms with Crippen LogP contribution in [0, 0.1) is 0 Å². The fourth-order valence-corrected chi connectivity index (χ4v) is 3.96. The summed E-state index contributed by atoms with van der Waals surface area (Å²) in [5, 5.41) is 0. The Kier molecular flexibility index (Phi) is 4.75. The highest BCUT2D eigenvalue weighted by Gasteiger charge is 2.29. The maximum absolute atomic E-state index is 12.6. The van der Waals surface area contributed by atoms with Crippen LogP contribution in [0.5, 0.6) is 0 Å². The van der Waals surface area contributed by atoms with Gasteiger partial charge in [-0.15, -0.1) is 0 Å². The third-order valence-electron chi connectivity index (χ3n) is 2.32. The molecule has 0 atom stereocenters. The van der Waals surface area contributed by atoms with Crippen molar-refractivity contribution in [3.63, 3.8) is 0 Å². The number of allylic oxidation sites excluding steroid dienone is 2. The molecule has 1 aliphatic rings. The van der Waals surface area contributed by atoms with Crippen molar-refractivity contribution in [2.45, 2.75) is 26.8 Å². The average Bonchev–Trinajstić information content (AvgIpc) is 2.18. The molecule has 3 nitrogen and oxygen atoms in total. The van der Waals surface area contributed by atoms with Gasteiger partial charge in [0.25, 0.3) is 0 Å². The normalized spacial score (nSPS) is 22.5. The van der Waals surface area contributed by atoms with E-state index in [-0.39, 0.29) is 6.04 Å². The van der Waals surface area contributed by atoms with E-state index in [0.29, 0.717) is 25.5 Å². The van der Waals surface area contributed by atoms with E-state index < -0.39 is 7.14 Å². The summed E-state index contributed by atoms with van der Waals surface area (Å²) in [6, 6.07) is 0.199. The summed E-state index contributed by atoms with van der Waals surface area (Å²) in [4.78, 5) is 4.47. The first-order valence-corrected chi connectivity index (χ1v) is 7.53. The maximum Gasteiger partial charge on any atom is 0.137 e. The second-order valence-corrected chi connectivity index (χ2v) is 7.16. The highest BCUT2D eigenvalue weighted by atomic mass is 31.2. The Labute approximate surface area is 92.0 Å². The first kappa shape index (κ1) is 12.7. The van der Waals surface area contributed by atoms with Crippen LogP contribution in [-0.4, -0.2) is 37.0 Å². The van der Waals surface area contributed by atoms with E-state index >= 15 is 0 Å². The van der Waals surface area contributed by atoms with Crippen molar-refractivity contribution in [2.75, 3.05) is 25.5 Å². The lowest BCUT2D eigenvalue weighted by Crippen LogP contribution is -2.20. The summed E-state index contributed by atoms with van der Waals surface area (Å²) in [6.45, 7) is 7.16. The number of nitrogens with zero attached hydrogens (tertiary/aromatic N) is 1. The zero-order valence-corrected chi connectivity index (χ0v) is 10.7. The molecule has 0 aromatic rings. The lowest BCUT2D eigenvalue weighted by molar-refractivity contribution is 0.156. The minimum Gasteiger partial charge on any atom is -0.380 e. The zero-order valence-electron chi connectivity index (χ0n) is 9.77. The molecular weight excluding hydrogens is 209 g/mol. The molecule has 0 saturated carbocycles. The molecule has 0 aliphatic carbocycles. The second-order valence-electron chi connectivity index (χ2n) is 4.03. The van der Waals surface area contributed by atoms with Gasteiger partial charge >= 0.3 is 0 Å². The van der Waals surface area contributed by atoms with E-state index in [4.69, 9.17) is 4.74 Å². The largest absolute Gasteiger partial charge is 0.380 e. The van der Waals surface area contributed by atoms with Gasteiger partial charge in [-0.05, 0) is 26.8 Å². The Balaban J connectivity index is 2.92. The van der Waals surface area contributed by atoms with Crippen LogP contribution in [-0.2, 0) is 9.30 Å². The first-order valence-electron chi connectivity index (χ1n) is 5.45. The van der Waals surface area contributed by atoms with Crippen molar-refractivity contribution >= 4 is 12.6 Å². The molecule has 0 aromatic carbocycles. The van der Waals surface area contributed by atoms with Gasteiger partial charge in [0.05, 0.1) is 18.7 Å². The number of rotatable bonds is 3. The minimum atomic E-state index is -2.26. The lowest BCUT2D eigenvalue weighted by atomic mass is 10.4. The van der Waals surface area contributed by atoms with Gasteiger partial charge in [-0.1, -0.05) is 6.08 Å². The molecule has 4 heteroatoms. The average molecular weight is 229 g/mol. The van der Waals surface area contributed by atoms with Crippen LogP contribution in [0.3, 0.4) is 0 Å². The number of ether oxygens (including phenoxy) is 1. The van der Waals surface area contributed by atoms with Crippen molar-refractivity contribution in [1.82, 2.24) is 0 Å². The van der Waals surface area contributed by atoms with Gasteiger partial charge in [0.15, 0.2) is 0 Å². The van der Waals surface area contributed by atoms with Crippen LogP contribution in [0.4, 0.5) is 0 Å². The Morgan fingerprint density at radius 1 is 1.40 bits per heavy atom. The van der Waals surface area contributed by atoms with E-state index in [0.717, 1.165) is 5.45 Å². The summed E-state index contributed by atoms with van der Waals surface area (Å²) in [5.74, 6) is 0. The summed E-state index contributed by atoms with van der Waals surface area (Å²) in [6.07, 6.45) is 5.09. The Hall–Kier alpha value is -0.400. The first-order chi connectivity index (χ1) is 7.08. The molecule has 1 rings (SSSR count). The van der Waals surface area contributed by atoms with E-state index in [2.05, 4.69) is 4.99 Å². The van der Waals surface area contributed by atoms with Gasteiger partial charge in [0, 0.05) is 18.4 Å². The van der Waals surface area contributed by atoms with Gasteiger partial charge in [0.1, 0.15) is 7.14 Å². The summed E-state index contributed by atoms with van der Waals surface area (Å²) in [5.41, 5.74) is 0.795. The molecule has 0 aromatic heterocycles. The van der Waals surface area contributed by atoms with Crippen LogP contribution in [0.25, 0.3) is 0 Å². The molecule has 0 bridgehead atoms. The van der Waals surface area contributed by atoms with E-state index in [9.17, 15) is 4.57 Å². The highest BCUT2D eigenvalue weighted by molar-refractivity contribution is 7.81. The van der Waals surface area contributed by atoms with Crippen molar-refractivity contribution in [1.29, 1.82) is 0 Å². The molecule has 1 fully saturated rings. The molecule has 15 heavy (non-hydrogen) atoms.